The number of hydrogen-bond acceptors (Lipinski definition) is 3. The number of hydrogen-bond donors (Lipinski definition) is 0. The SMILES string of the molecule is CCC1COC(c2ccc3c(F)c(CCc4ccc(C#N)c(F)c4)ccc3c2)OC1. The van der Waals surface area contributed by atoms with Crippen LogP contribution in [0.15, 0.2) is 48.5 Å². The third-order valence-electron chi connectivity index (χ3n) is 5.71. The van der Waals surface area contributed by atoms with Gasteiger partial charge in [-0.1, -0.05) is 37.3 Å². The monoisotopic (exact) mass is 407 g/mol. The van der Waals surface area contributed by atoms with Crippen molar-refractivity contribution in [3.63, 3.8) is 0 Å². The number of benzene rings is 3. The highest BCUT2D eigenvalue weighted by Gasteiger charge is 2.23. The zero-order valence-corrected chi connectivity index (χ0v) is 16.8. The first-order valence-corrected chi connectivity index (χ1v) is 10.2. The zero-order valence-electron chi connectivity index (χ0n) is 16.8. The lowest BCUT2D eigenvalue weighted by Crippen LogP contribution is -2.26. The van der Waals surface area contributed by atoms with Gasteiger partial charge in [0.15, 0.2) is 6.29 Å². The highest BCUT2D eigenvalue weighted by atomic mass is 19.1. The summed E-state index contributed by atoms with van der Waals surface area (Å²) in [6, 6.07) is 15.5. The molecule has 5 heteroatoms. The van der Waals surface area contributed by atoms with Gasteiger partial charge in [-0.15, -0.1) is 0 Å². The van der Waals surface area contributed by atoms with Gasteiger partial charge < -0.3 is 9.47 Å². The van der Waals surface area contributed by atoms with Crippen molar-refractivity contribution in [2.75, 3.05) is 13.2 Å². The fraction of sp³-hybridized carbons (Fsp3) is 0.320. The van der Waals surface area contributed by atoms with Gasteiger partial charge in [0.25, 0.3) is 0 Å². The van der Waals surface area contributed by atoms with E-state index in [1.165, 1.54) is 12.1 Å². The molecule has 0 aliphatic carbocycles. The molecule has 1 heterocycles. The van der Waals surface area contributed by atoms with Crippen molar-refractivity contribution in [2.24, 2.45) is 5.92 Å². The Morgan fingerprint density at radius 1 is 1.00 bits per heavy atom. The molecule has 1 aliphatic heterocycles. The molecular formula is C25H23F2NO2. The van der Waals surface area contributed by atoms with Crippen molar-refractivity contribution in [2.45, 2.75) is 32.5 Å². The van der Waals surface area contributed by atoms with Crippen LogP contribution < -0.4 is 0 Å². The first kappa shape index (κ1) is 20.5. The fourth-order valence-corrected chi connectivity index (χ4v) is 3.75. The minimum Gasteiger partial charge on any atom is -0.348 e. The van der Waals surface area contributed by atoms with Crippen LogP contribution in [0.3, 0.4) is 0 Å². The maximum Gasteiger partial charge on any atom is 0.183 e. The van der Waals surface area contributed by atoms with Crippen molar-refractivity contribution < 1.29 is 18.3 Å². The summed E-state index contributed by atoms with van der Waals surface area (Å²) in [7, 11) is 0. The van der Waals surface area contributed by atoms with Crippen LogP contribution in [0, 0.1) is 28.9 Å². The van der Waals surface area contributed by atoms with Crippen molar-refractivity contribution in [1.82, 2.24) is 0 Å². The van der Waals surface area contributed by atoms with Gasteiger partial charge in [-0.05, 0) is 54.0 Å². The molecule has 3 aromatic rings. The maximum absolute atomic E-state index is 15.1. The second-order valence-corrected chi connectivity index (χ2v) is 7.72. The Balaban J connectivity index is 1.50. The van der Waals surface area contributed by atoms with Crippen LogP contribution in [-0.2, 0) is 22.3 Å². The molecule has 3 aromatic carbocycles. The number of halogens is 2. The molecule has 1 fully saturated rings. The van der Waals surface area contributed by atoms with E-state index in [-0.39, 0.29) is 11.4 Å². The van der Waals surface area contributed by atoms with Crippen LogP contribution in [0.2, 0.25) is 0 Å². The molecule has 0 spiro atoms. The number of aryl methyl sites for hydroxylation is 2. The van der Waals surface area contributed by atoms with E-state index in [9.17, 15) is 4.39 Å². The quantitative estimate of drug-likeness (QED) is 0.533. The van der Waals surface area contributed by atoms with E-state index in [4.69, 9.17) is 14.7 Å². The van der Waals surface area contributed by atoms with Crippen molar-refractivity contribution >= 4 is 10.8 Å². The molecule has 0 saturated carbocycles. The lowest BCUT2D eigenvalue weighted by Gasteiger charge is -2.29. The number of nitrogens with zero attached hydrogens (tertiary/aromatic N) is 1. The van der Waals surface area contributed by atoms with Gasteiger partial charge in [-0.25, -0.2) is 8.78 Å². The predicted octanol–water partition coefficient (Wildman–Crippen LogP) is 5.85. The Labute approximate surface area is 174 Å². The van der Waals surface area contributed by atoms with Crippen LogP contribution >= 0.6 is 0 Å². The average molecular weight is 407 g/mol. The standard InChI is InChI=1S/C25H23F2NO2/c1-2-16-14-29-25(30-15-16)20-9-10-22-19(12-20)8-7-18(24(22)27)5-3-17-4-6-21(13-28)23(26)11-17/h4,6-12,16,25H,2-3,5,14-15H2,1H3. The van der Waals surface area contributed by atoms with Crippen LogP contribution in [-0.4, -0.2) is 13.2 Å². The molecule has 1 saturated heterocycles. The summed E-state index contributed by atoms with van der Waals surface area (Å²) in [5.41, 5.74) is 2.22. The fourth-order valence-electron chi connectivity index (χ4n) is 3.75. The second kappa shape index (κ2) is 8.91. The molecule has 0 amide bonds. The molecule has 0 aromatic heterocycles. The summed E-state index contributed by atoms with van der Waals surface area (Å²) < 4.78 is 40.5. The summed E-state index contributed by atoms with van der Waals surface area (Å²) in [5.74, 6) is -0.380. The topological polar surface area (TPSA) is 42.2 Å². The Kier molecular flexibility index (Phi) is 6.08. The molecule has 30 heavy (non-hydrogen) atoms. The molecule has 0 N–H and O–H groups in total. The van der Waals surface area contributed by atoms with Crippen molar-refractivity contribution in [1.29, 1.82) is 5.26 Å². The molecule has 4 rings (SSSR count). The molecule has 0 bridgehead atoms. The van der Waals surface area contributed by atoms with Gasteiger partial charge in [0.05, 0.1) is 18.8 Å². The van der Waals surface area contributed by atoms with Gasteiger partial charge in [0, 0.05) is 16.9 Å². The highest BCUT2D eigenvalue weighted by molar-refractivity contribution is 5.84. The first-order chi connectivity index (χ1) is 14.6. The highest BCUT2D eigenvalue weighted by Crippen LogP contribution is 2.30. The Morgan fingerprint density at radius 2 is 1.80 bits per heavy atom. The first-order valence-electron chi connectivity index (χ1n) is 10.2. The van der Waals surface area contributed by atoms with Crippen molar-refractivity contribution in [3.05, 3.63) is 82.4 Å². The average Bonchev–Trinajstić information content (AvgIpc) is 2.78. The normalized spacial score (nSPS) is 19.0. The largest absolute Gasteiger partial charge is 0.348 e. The maximum atomic E-state index is 15.1. The number of rotatable bonds is 5. The zero-order chi connectivity index (χ0) is 21.1. The lowest BCUT2D eigenvalue weighted by atomic mass is 9.98. The third kappa shape index (κ3) is 4.21. The van der Waals surface area contributed by atoms with E-state index in [0.29, 0.717) is 42.9 Å². The van der Waals surface area contributed by atoms with Crippen LogP contribution in [0.5, 0.6) is 0 Å². The van der Waals surface area contributed by atoms with Gasteiger partial charge in [0.2, 0.25) is 0 Å². The molecule has 0 atom stereocenters. The van der Waals surface area contributed by atoms with E-state index in [2.05, 4.69) is 6.92 Å². The van der Waals surface area contributed by atoms with Crippen molar-refractivity contribution in [3.8, 4) is 6.07 Å². The molecule has 3 nitrogen and oxygen atoms in total. The Bertz CT molecular complexity index is 1100. The van der Waals surface area contributed by atoms with E-state index in [0.717, 1.165) is 22.9 Å². The number of ether oxygens (including phenoxy) is 2. The minimum absolute atomic E-state index is 0.0163. The summed E-state index contributed by atoms with van der Waals surface area (Å²) in [6.07, 6.45) is 1.55. The lowest BCUT2D eigenvalue weighted by molar-refractivity contribution is -0.205. The van der Waals surface area contributed by atoms with Crippen LogP contribution in [0.1, 0.15) is 41.9 Å². The minimum atomic E-state index is -0.543. The van der Waals surface area contributed by atoms with Gasteiger partial charge in [-0.2, -0.15) is 5.26 Å². The van der Waals surface area contributed by atoms with E-state index < -0.39 is 12.1 Å². The smallest absolute Gasteiger partial charge is 0.183 e. The summed E-state index contributed by atoms with van der Waals surface area (Å²) in [4.78, 5) is 0. The molecule has 0 radical (unpaired) electrons. The summed E-state index contributed by atoms with van der Waals surface area (Å²) in [5, 5.41) is 10.2. The Morgan fingerprint density at radius 3 is 2.50 bits per heavy atom. The second-order valence-electron chi connectivity index (χ2n) is 7.72. The van der Waals surface area contributed by atoms with E-state index in [1.54, 1.807) is 24.3 Å². The van der Waals surface area contributed by atoms with Gasteiger partial charge in [0.1, 0.15) is 17.7 Å². The van der Waals surface area contributed by atoms with E-state index >= 15 is 4.39 Å². The molecular weight excluding hydrogens is 384 g/mol. The molecule has 154 valence electrons. The van der Waals surface area contributed by atoms with Gasteiger partial charge >= 0.3 is 0 Å². The molecule has 1 aliphatic rings. The van der Waals surface area contributed by atoms with E-state index in [1.807, 2.05) is 18.2 Å². The number of nitriles is 1. The summed E-state index contributed by atoms with van der Waals surface area (Å²) in [6.45, 7) is 3.46. The third-order valence-corrected chi connectivity index (χ3v) is 5.71. The van der Waals surface area contributed by atoms with Gasteiger partial charge in [-0.3, -0.25) is 0 Å². The number of fused-ring (bicyclic) bond motifs is 1. The van der Waals surface area contributed by atoms with Crippen LogP contribution in [0.4, 0.5) is 8.78 Å². The van der Waals surface area contributed by atoms with Crippen LogP contribution in [0.25, 0.3) is 10.8 Å². The molecule has 0 unspecified atom stereocenters. The Hall–Kier alpha value is -2.81. The summed E-state index contributed by atoms with van der Waals surface area (Å²) >= 11 is 0. The predicted molar refractivity (Wildman–Crippen MR) is 111 cm³/mol.